The third-order valence-corrected chi connectivity index (χ3v) is 13.7. The molecule has 3 nitrogen and oxygen atoms in total. The molecule has 5 heteroatoms. The van der Waals surface area contributed by atoms with E-state index in [1.54, 1.807) is 0 Å². The predicted molar refractivity (Wildman–Crippen MR) is 248 cm³/mol. The number of hydrogen-bond donors (Lipinski definition) is 0. The smallest absolute Gasteiger partial charge is 0.160 e. The van der Waals surface area contributed by atoms with Gasteiger partial charge in [0.1, 0.15) is 0 Å². The Hall–Kier alpha value is -7.05. The van der Waals surface area contributed by atoms with Crippen LogP contribution in [0.25, 0.3) is 118 Å². The van der Waals surface area contributed by atoms with Crippen LogP contribution in [0.5, 0.6) is 0 Å². The number of rotatable bonds is 5. The van der Waals surface area contributed by atoms with E-state index >= 15 is 0 Å². The van der Waals surface area contributed by atoms with Crippen LogP contribution in [-0.2, 0) is 0 Å². The highest BCUT2D eigenvalue weighted by molar-refractivity contribution is 7.27. The van der Waals surface area contributed by atoms with Crippen LogP contribution in [0.15, 0.2) is 188 Å². The van der Waals surface area contributed by atoms with Crippen LogP contribution in [0.2, 0.25) is 0 Å². The summed E-state index contributed by atoms with van der Waals surface area (Å²) in [7, 11) is 0. The topological polar surface area (TPSA) is 38.7 Å². The van der Waals surface area contributed by atoms with Gasteiger partial charge in [-0.05, 0) is 52.2 Å². The standard InChI is InChI=1S/C53H31N3S2/c1-3-14-32(15-4-1)50-49-43-30-34(26-29-48(43)58-52(49)41-21-9-11-24-44(41)54-50)35-27-28-38(37-19-8-7-18-36(35)37)45-31-46(56-53(55-45)33-16-5-2-6-17-33)42-23-13-22-40-39-20-10-12-25-47(39)57-51(40)42/h1-31H. The molecule has 0 N–H and O–H groups in total. The van der Waals surface area contributed by atoms with Crippen molar-refractivity contribution in [3.63, 3.8) is 0 Å². The van der Waals surface area contributed by atoms with Crippen molar-refractivity contribution in [3.8, 4) is 56.3 Å². The van der Waals surface area contributed by atoms with E-state index in [1.165, 1.54) is 62.2 Å². The monoisotopic (exact) mass is 773 g/mol. The fourth-order valence-corrected chi connectivity index (χ4v) is 11.0. The van der Waals surface area contributed by atoms with E-state index in [9.17, 15) is 0 Å². The molecule has 58 heavy (non-hydrogen) atoms. The molecule has 12 rings (SSSR count). The van der Waals surface area contributed by atoms with Crippen molar-refractivity contribution in [3.05, 3.63) is 188 Å². The molecular formula is C53H31N3S2. The van der Waals surface area contributed by atoms with Gasteiger partial charge in [0.05, 0.1) is 22.6 Å². The quantitative estimate of drug-likeness (QED) is 0.175. The largest absolute Gasteiger partial charge is 0.247 e. The molecule has 0 aliphatic carbocycles. The summed E-state index contributed by atoms with van der Waals surface area (Å²) in [5.41, 5.74) is 10.5. The van der Waals surface area contributed by atoms with Crippen molar-refractivity contribution in [1.82, 2.24) is 15.0 Å². The van der Waals surface area contributed by atoms with Gasteiger partial charge in [-0.25, -0.2) is 15.0 Å². The molecule has 0 fully saturated rings. The first kappa shape index (κ1) is 33.1. The second-order valence-electron chi connectivity index (χ2n) is 14.7. The van der Waals surface area contributed by atoms with Gasteiger partial charge in [0, 0.05) is 68.0 Å². The molecule has 0 radical (unpaired) electrons. The highest BCUT2D eigenvalue weighted by Crippen LogP contribution is 2.46. The summed E-state index contributed by atoms with van der Waals surface area (Å²) in [5.74, 6) is 0.713. The molecule has 8 aromatic carbocycles. The van der Waals surface area contributed by atoms with Crippen molar-refractivity contribution < 1.29 is 0 Å². The molecule has 0 amide bonds. The first-order chi connectivity index (χ1) is 28.7. The fraction of sp³-hybridized carbons (Fsp3) is 0. The normalized spacial score (nSPS) is 11.8. The summed E-state index contributed by atoms with van der Waals surface area (Å²) in [6.07, 6.45) is 0. The minimum atomic E-state index is 0.713. The summed E-state index contributed by atoms with van der Waals surface area (Å²) < 4.78 is 5.05. The number of aromatic nitrogens is 3. The Morgan fingerprint density at radius 3 is 1.74 bits per heavy atom. The van der Waals surface area contributed by atoms with Gasteiger partial charge in [-0.1, -0.05) is 158 Å². The second-order valence-corrected chi connectivity index (χ2v) is 16.8. The van der Waals surface area contributed by atoms with Crippen LogP contribution < -0.4 is 0 Å². The predicted octanol–water partition coefficient (Wildman–Crippen LogP) is 15.2. The van der Waals surface area contributed by atoms with Crippen molar-refractivity contribution in [1.29, 1.82) is 0 Å². The van der Waals surface area contributed by atoms with Gasteiger partial charge >= 0.3 is 0 Å². The van der Waals surface area contributed by atoms with Gasteiger partial charge in [0.25, 0.3) is 0 Å². The third kappa shape index (κ3) is 5.28. The fourth-order valence-electron chi connectivity index (χ4n) is 8.60. The van der Waals surface area contributed by atoms with E-state index < -0.39 is 0 Å². The van der Waals surface area contributed by atoms with Gasteiger partial charge in [-0.3, -0.25) is 0 Å². The molecule has 0 unspecified atom stereocenters. The highest BCUT2D eigenvalue weighted by atomic mass is 32.1. The SMILES string of the molecule is c1ccc(-c2nc(-c3ccc(-c4ccc5sc6c7ccccc7nc(-c7ccccc7)c6c5c4)c4ccccc34)cc(-c3cccc4c3sc3ccccc34)n2)cc1. The van der Waals surface area contributed by atoms with Gasteiger partial charge in [-0.2, -0.15) is 0 Å². The Labute approximate surface area is 342 Å². The van der Waals surface area contributed by atoms with E-state index in [2.05, 4.69) is 182 Å². The van der Waals surface area contributed by atoms with E-state index in [-0.39, 0.29) is 0 Å². The summed E-state index contributed by atoms with van der Waals surface area (Å²) >= 11 is 3.68. The lowest BCUT2D eigenvalue weighted by Crippen LogP contribution is -1.97. The summed E-state index contributed by atoms with van der Waals surface area (Å²) in [5, 5.41) is 8.49. The van der Waals surface area contributed by atoms with Gasteiger partial charge in [-0.15, -0.1) is 22.7 Å². The van der Waals surface area contributed by atoms with Gasteiger partial charge in [0.2, 0.25) is 0 Å². The van der Waals surface area contributed by atoms with Crippen LogP contribution in [-0.4, -0.2) is 15.0 Å². The Kier molecular flexibility index (Phi) is 7.58. The molecule has 0 saturated carbocycles. The van der Waals surface area contributed by atoms with Crippen molar-refractivity contribution in [2.45, 2.75) is 0 Å². The molecule has 0 atom stereocenters. The molecular weight excluding hydrogens is 743 g/mol. The lowest BCUT2D eigenvalue weighted by molar-refractivity contribution is 1.19. The van der Waals surface area contributed by atoms with Crippen LogP contribution >= 0.6 is 22.7 Å². The van der Waals surface area contributed by atoms with Gasteiger partial charge < -0.3 is 0 Å². The number of para-hydroxylation sites is 1. The zero-order valence-electron chi connectivity index (χ0n) is 31.1. The molecule has 270 valence electrons. The first-order valence-electron chi connectivity index (χ1n) is 19.4. The minimum Gasteiger partial charge on any atom is -0.247 e. The van der Waals surface area contributed by atoms with Crippen LogP contribution in [0.1, 0.15) is 0 Å². The van der Waals surface area contributed by atoms with E-state index in [4.69, 9.17) is 15.0 Å². The molecule has 0 aliphatic rings. The molecule has 0 bridgehead atoms. The van der Waals surface area contributed by atoms with E-state index in [0.29, 0.717) is 5.82 Å². The summed E-state index contributed by atoms with van der Waals surface area (Å²) in [6.45, 7) is 0. The maximum absolute atomic E-state index is 5.29. The summed E-state index contributed by atoms with van der Waals surface area (Å²) in [6, 6.07) is 67.1. The number of benzene rings is 8. The second kappa shape index (κ2) is 13.3. The number of thiophene rings is 2. The van der Waals surface area contributed by atoms with E-state index in [1.807, 2.05) is 28.7 Å². The number of pyridine rings is 1. The maximum atomic E-state index is 5.29. The van der Waals surface area contributed by atoms with Gasteiger partial charge in [0.15, 0.2) is 5.82 Å². The molecule has 12 aromatic rings. The molecule has 4 aromatic heterocycles. The average Bonchev–Trinajstić information content (AvgIpc) is 3.88. The summed E-state index contributed by atoms with van der Waals surface area (Å²) in [4.78, 5) is 15.8. The zero-order valence-corrected chi connectivity index (χ0v) is 32.7. The van der Waals surface area contributed by atoms with E-state index in [0.717, 1.165) is 50.2 Å². The average molecular weight is 774 g/mol. The lowest BCUT2D eigenvalue weighted by Gasteiger charge is -2.14. The van der Waals surface area contributed by atoms with Crippen molar-refractivity contribution in [2.24, 2.45) is 0 Å². The maximum Gasteiger partial charge on any atom is 0.160 e. The Balaban J connectivity index is 1.06. The number of hydrogen-bond acceptors (Lipinski definition) is 5. The van der Waals surface area contributed by atoms with Crippen molar-refractivity contribution in [2.75, 3.05) is 0 Å². The molecule has 4 heterocycles. The van der Waals surface area contributed by atoms with Crippen LogP contribution in [0.3, 0.4) is 0 Å². The minimum absolute atomic E-state index is 0.713. The zero-order chi connectivity index (χ0) is 38.2. The molecule has 0 aliphatic heterocycles. The number of nitrogens with zero attached hydrogens (tertiary/aromatic N) is 3. The van der Waals surface area contributed by atoms with Crippen LogP contribution in [0.4, 0.5) is 0 Å². The number of fused-ring (bicyclic) bond motifs is 9. The Morgan fingerprint density at radius 1 is 0.328 bits per heavy atom. The molecule has 0 spiro atoms. The van der Waals surface area contributed by atoms with Crippen LogP contribution in [0, 0.1) is 0 Å². The first-order valence-corrected chi connectivity index (χ1v) is 21.1. The highest BCUT2D eigenvalue weighted by Gasteiger charge is 2.20. The molecule has 0 saturated heterocycles. The van der Waals surface area contributed by atoms with Crippen molar-refractivity contribution >= 4 is 84.7 Å². The lowest BCUT2D eigenvalue weighted by atomic mass is 9.92. The third-order valence-electron chi connectivity index (χ3n) is 11.3. The Morgan fingerprint density at radius 2 is 0.931 bits per heavy atom. The Bertz CT molecular complexity index is 3570.